The van der Waals surface area contributed by atoms with E-state index in [-0.39, 0.29) is 11.4 Å². The predicted molar refractivity (Wildman–Crippen MR) is 92.1 cm³/mol. The molecule has 5 nitrogen and oxygen atoms in total. The van der Waals surface area contributed by atoms with E-state index >= 15 is 0 Å². The van der Waals surface area contributed by atoms with Gasteiger partial charge in [0.2, 0.25) is 0 Å². The summed E-state index contributed by atoms with van der Waals surface area (Å²) in [6.07, 6.45) is 1.67. The van der Waals surface area contributed by atoms with Gasteiger partial charge < -0.3 is 4.74 Å². The molecular formula is C18H17NO4S. The summed E-state index contributed by atoms with van der Waals surface area (Å²) in [5, 5.41) is 0. The number of carbonyl (C=O) groups excluding carboxylic acids is 1. The monoisotopic (exact) mass is 343 g/mol. The highest BCUT2D eigenvalue weighted by Crippen LogP contribution is 2.33. The Hall–Kier alpha value is -2.60. The lowest BCUT2D eigenvalue weighted by Gasteiger charge is -2.29. The number of sulfonamides is 1. The Morgan fingerprint density at radius 1 is 1.08 bits per heavy atom. The number of benzene rings is 2. The maximum absolute atomic E-state index is 13.1. The zero-order valence-corrected chi connectivity index (χ0v) is 14.2. The lowest BCUT2D eigenvalue weighted by molar-refractivity contribution is -0.136. The van der Waals surface area contributed by atoms with E-state index in [1.165, 1.54) is 11.4 Å². The van der Waals surface area contributed by atoms with Gasteiger partial charge in [0.1, 0.15) is 0 Å². The van der Waals surface area contributed by atoms with Crippen molar-refractivity contribution in [3.05, 3.63) is 65.2 Å². The van der Waals surface area contributed by atoms with Crippen molar-refractivity contribution in [3.8, 4) is 0 Å². The van der Waals surface area contributed by atoms with Crippen LogP contribution in [0.4, 0.5) is 5.69 Å². The molecule has 124 valence electrons. The largest absolute Gasteiger partial charge is 0.466 e. The Morgan fingerprint density at radius 3 is 2.42 bits per heavy atom. The average Bonchev–Trinajstić information content (AvgIpc) is 2.60. The molecule has 0 atom stereocenters. The number of esters is 1. The predicted octanol–water partition coefficient (Wildman–Crippen LogP) is 2.76. The molecule has 0 saturated heterocycles. The van der Waals surface area contributed by atoms with Gasteiger partial charge in [0.25, 0.3) is 10.0 Å². The zero-order valence-electron chi connectivity index (χ0n) is 13.4. The Bertz CT molecular complexity index is 914. The van der Waals surface area contributed by atoms with Crippen LogP contribution in [0, 0.1) is 6.92 Å². The van der Waals surface area contributed by atoms with Crippen LogP contribution in [0.5, 0.6) is 0 Å². The van der Waals surface area contributed by atoms with Crippen molar-refractivity contribution in [2.75, 3.05) is 18.0 Å². The van der Waals surface area contributed by atoms with Gasteiger partial charge in [-0.2, -0.15) is 0 Å². The van der Waals surface area contributed by atoms with Gasteiger partial charge >= 0.3 is 5.97 Å². The molecule has 0 aromatic heterocycles. The smallest absolute Gasteiger partial charge is 0.335 e. The number of aryl methyl sites for hydroxylation is 1. The summed E-state index contributed by atoms with van der Waals surface area (Å²) in [7, 11) is -2.50. The second kappa shape index (κ2) is 6.13. The molecule has 0 unspecified atom stereocenters. The van der Waals surface area contributed by atoms with Crippen LogP contribution < -0.4 is 4.31 Å². The second-order valence-corrected chi connectivity index (χ2v) is 7.41. The first kappa shape index (κ1) is 16.3. The minimum atomic E-state index is -3.78. The first-order valence-electron chi connectivity index (χ1n) is 7.41. The first-order chi connectivity index (χ1) is 11.4. The summed E-state index contributed by atoms with van der Waals surface area (Å²) < 4.78 is 32.1. The number of nitrogens with zero attached hydrogens (tertiary/aromatic N) is 1. The molecule has 6 heteroatoms. The number of para-hydroxylation sites is 1. The summed E-state index contributed by atoms with van der Waals surface area (Å²) in [6, 6.07) is 13.7. The van der Waals surface area contributed by atoms with Crippen LogP contribution in [0.2, 0.25) is 0 Å². The molecule has 1 aliphatic heterocycles. The lowest BCUT2D eigenvalue weighted by atomic mass is 10.0. The molecule has 1 aliphatic rings. The molecule has 0 radical (unpaired) electrons. The third-order valence-corrected chi connectivity index (χ3v) is 5.68. The maximum atomic E-state index is 13.1. The van der Waals surface area contributed by atoms with Crippen molar-refractivity contribution in [2.45, 2.75) is 11.8 Å². The number of hydrogen-bond acceptors (Lipinski definition) is 4. The van der Waals surface area contributed by atoms with E-state index in [0.717, 1.165) is 5.56 Å². The number of fused-ring (bicyclic) bond motifs is 1. The highest BCUT2D eigenvalue weighted by atomic mass is 32.2. The lowest BCUT2D eigenvalue weighted by Crippen LogP contribution is -2.36. The van der Waals surface area contributed by atoms with Gasteiger partial charge in [-0.15, -0.1) is 0 Å². The van der Waals surface area contributed by atoms with E-state index in [2.05, 4.69) is 0 Å². The minimum Gasteiger partial charge on any atom is -0.466 e. The van der Waals surface area contributed by atoms with Crippen molar-refractivity contribution in [1.82, 2.24) is 0 Å². The molecule has 0 N–H and O–H groups in total. The highest BCUT2D eigenvalue weighted by Gasteiger charge is 2.31. The van der Waals surface area contributed by atoms with E-state index in [1.54, 1.807) is 54.6 Å². The highest BCUT2D eigenvalue weighted by molar-refractivity contribution is 7.92. The van der Waals surface area contributed by atoms with Crippen LogP contribution in [0.25, 0.3) is 6.08 Å². The van der Waals surface area contributed by atoms with E-state index in [0.29, 0.717) is 16.8 Å². The summed E-state index contributed by atoms with van der Waals surface area (Å²) in [4.78, 5) is 12.1. The van der Waals surface area contributed by atoms with Crippen LogP contribution >= 0.6 is 0 Å². The van der Waals surface area contributed by atoms with Gasteiger partial charge in [-0.25, -0.2) is 13.2 Å². The molecule has 24 heavy (non-hydrogen) atoms. The normalized spacial score (nSPS) is 13.9. The Morgan fingerprint density at radius 2 is 1.75 bits per heavy atom. The number of rotatable bonds is 3. The molecule has 2 aromatic carbocycles. The van der Waals surface area contributed by atoms with Crippen LogP contribution in [0.3, 0.4) is 0 Å². The third-order valence-electron chi connectivity index (χ3n) is 3.91. The van der Waals surface area contributed by atoms with Gasteiger partial charge in [-0.05, 0) is 36.8 Å². The van der Waals surface area contributed by atoms with E-state index in [1.807, 2.05) is 6.92 Å². The quantitative estimate of drug-likeness (QED) is 0.804. The standard InChI is InChI=1S/C18H17NO4S/c1-13-7-9-16(10-8-13)24(21,22)19-12-15(18(20)23-2)11-14-5-3-4-6-17(14)19/h3-11H,12H2,1-2H3. The van der Waals surface area contributed by atoms with Gasteiger partial charge in [-0.3, -0.25) is 4.31 Å². The molecule has 0 saturated carbocycles. The van der Waals surface area contributed by atoms with Crippen molar-refractivity contribution >= 4 is 27.8 Å². The van der Waals surface area contributed by atoms with E-state index in [9.17, 15) is 13.2 Å². The summed E-state index contributed by atoms with van der Waals surface area (Å²) in [5.74, 6) is -0.534. The topological polar surface area (TPSA) is 63.7 Å². The van der Waals surface area contributed by atoms with Crippen LogP contribution in [-0.4, -0.2) is 28.0 Å². The second-order valence-electron chi connectivity index (χ2n) is 5.54. The molecule has 0 bridgehead atoms. The van der Waals surface area contributed by atoms with E-state index in [4.69, 9.17) is 4.74 Å². The molecule has 0 amide bonds. The molecular weight excluding hydrogens is 326 g/mol. The SMILES string of the molecule is COC(=O)C1=Cc2ccccc2N(S(=O)(=O)c2ccc(C)cc2)C1. The zero-order chi connectivity index (χ0) is 17.3. The molecule has 3 rings (SSSR count). The summed E-state index contributed by atoms with van der Waals surface area (Å²) >= 11 is 0. The van der Waals surface area contributed by atoms with Gasteiger partial charge in [0.15, 0.2) is 0 Å². The fraction of sp³-hybridized carbons (Fsp3) is 0.167. The average molecular weight is 343 g/mol. The summed E-state index contributed by atoms with van der Waals surface area (Å²) in [6.45, 7) is 1.84. The van der Waals surface area contributed by atoms with Crippen molar-refractivity contribution in [2.24, 2.45) is 0 Å². The minimum absolute atomic E-state index is 0.0557. The van der Waals surface area contributed by atoms with Crippen LogP contribution in [-0.2, 0) is 19.6 Å². The molecule has 1 heterocycles. The number of ether oxygens (including phenoxy) is 1. The van der Waals surface area contributed by atoms with Crippen LogP contribution in [0.1, 0.15) is 11.1 Å². The van der Waals surface area contributed by atoms with E-state index < -0.39 is 16.0 Å². The van der Waals surface area contributed by atoms with Gasteiger partial charge in [0, 0.05) is 0 Å². The Balaban J connectivity index is 2.12. The molecule has 0 fully saturated rings. The van der Waals surface area contributed by atoms with Gasteiger partial charge in [0.05, 0.1) is 29.8 Å². The number of anilines is 1. The number of carbonyl (C=O) groups is 1. The maximum Gasteiger partial charge on any atom is 0.335 e. The fourth-order valence-electron chi connectivity index (χ4n) is 2.62. The molecule has 0 aliphatic carbocycles. The van der Waals surface area contributed by atoms with Crippen LogP contribution in [0.15, 0.2) is 59.0 Å². The van der Waals surface area contributed by atoms with Gasteiger partial charge in [-0.1, -0.05) is 35.9 Å². The first-order valence-corrected chi connectivity index (χ1v) is 8.85. The van der Waals surface area contributed by atoms with Crippen molar-refractivity contribution in [3.63, 3.8) is 0 Å². The molecule has 2 aromatic rings. The van der Waals surface area contributed by atoms with Crippen molar-refractivity contribution in [1.29, 1.82) is 0 Å². The third kappa shape index (κ3) is 2.80. The fourth-order valence-corrected chi connectivity index (χ4v) is 4.09. The Kier molecular flexibility index (Phi) is 4.15. The Labute approximate surface area is 141 Å². The summed E-state index contributed by atoms with van der Waals surface area (Å²) in [5.41, 5.74) is 2.49. The number of hydrogen-bond donors (Lipinski definition) is 0. The number of methoxy groups -OCH3 is 1. The van der Waals surface area contributed by atoms with Crippen molar-refractivity contribution < 1.29 is 17.9 Å². The molecule has 0 spiro atoms.